The van der Waals surface area contributed by atoms with E-state index in [1.165, 1.54) is 6.92 Å². The van der Waals surface area contributed by atoms with Crippen LogP contribution in [0.1, 0.15) is 11.4 Å². The van der Waals surface area contributed by atoms with E-state index in [0.717, 1.165) is 0 Å². The molecular weight excluding hydrogens is 249 g/mol. The molecule has 16 heavy (non-hydrogen) atoms. The van der Waals surface area contributed by atoms with Gasteiger partial charge in [-0.05, 0) is 13.0 Å². The lowest BCUT2D eigenvalue weighted by Gasteiger charge is -2.08. The molecule has 1 aromatic rings. The van der Waals surface area contributed by atoms with Crippen LogP contribution in [0, 0.1) is 6.92 Å². The molecule has 0 aliphatic carbocycles. The van der Waals surface area contributed by atoms with Crippen LogP contribution in [0.5, 0.6) is 6.01 Å². The molecule has 0 radical (unpaired) electrons. The van der Waals surface area contributed by atoms with Crippen LogP contribution in [0.3, 0.4) is 0 Å². The maximum atomic E-state index is 12.3. The number of hydrogen-bond acceptors (Lipinski definition) is 5. The molecular formula is C7H7F3N2O3S. The largest absolute Gasteiger partial charge is 0.433 e. The summed E-state index contributed by atoms with van der Waals surface area (Å²) in [4.78, 5) is 6.37. The highest BCUT2D eigenvalue weighted by Crippen LogP contribution is 2.28. The minimum Gasteiger partial charge on any atom is -0.343 e. The van der Waals surface area contributed by atoms with Gasteiger partial charge in [0.1, 0.15) is 0 Å². The normalized spacial score (nSPS) is 12.6. The van der Waals surface area contributed by atoms with Crippen LogP contribution >= 0.6 is 0 Å². The molecule has 0 unspecified atom stereocenters. The standard InChI is InChI=1S/C7H7F3N2O3S/c1-4-3-5(7(8,9)10)12-6(11-4)15-16(2,13)14/h3H,1-2H3. The second kappa shape index (κ2) is 3.89. The van der Waals surface area contributed by atoms with Gasteiger partial charge in [-0.15, -0.1) is 0 Å². The van der Waals surface area contributed by atoms with E-state index < -0.39 is 28.0 Å². The van der Waals surface area contributed by atoms with Crippen molar-refractivity contribution in [3.05, 3.63) is 17.5 Å². The van der Waals surface area contributed by atoms with Gasteiger partial charge in [0, 0.05) is 5.69 Å². The number of hydrogen-bond donors (Lipinski definition) is 0. The second-order valence-electron chi connectivity index (χ2n) is 2.96. The molecule has 0 amide bonds. The van der Waals surface area contributed by atoms with Crippen molar-refractivity contribution in [2.75, 3.05) is 6.26 Å². The summed E-state index contributed by atoms with van der Waals surface area (Å²) in [5.41, 5.74) is -1.29. The second-order valence-corrected chi connectivity index (χ2v) is 4.54. The molecule has 0 N–H and O–H groups in total. The lowest BCUT2D eigenvalue weighted by molar-refractivity contribution is -0.141. The number of aryl methyl sites for hydroxylation is 1. The van der Waals surface area contributed by atoms with Gasteiger partial charge < -0.3 is 4.18 Å². The molecule has 0 saturated heterocycles. The Morgan fingerprint density at radius 3 is 2.31 bits per heavy atom. The number of rotatable bonds is 2. The fourth-order valence-electron chi connectivity index (χ4n) is 0.859. The van der Waals surface area contributed by atoms with Crippen molar-refractivity contribution in [2.24, 2.45) is 0 Å². The van der Waals surface area contributed by atoms with E-state index in [2.05, 4.69) is 14.2 Å². The van der Waals surface area contributed by atoms with Gasteiger partial charge in [0.15, 0.2) is 5.69 Å². The van der Waals surface area contributed by atoms with Gasteiger partial charge in [0.2, 0.25) is 0 Å². The van der Waals surface area contributed by atoms with Gasteiger partial charge >= 0.3 is 22.3 Å². The molecule has 1 heterocycles. The van der Waals surface area contributed by atoms with Crippen molar-refractivity contribution in [3.8, 4) is 6.01 Å². The highest BCUT2D eigenvalue weighted by molar-refractivity contribution is 7.86. The molecule has 0 bridgehead atoms. The zero-order chi connectivity index (χ0) is 12.6. The number of alkyl halides is 3. The van der Waals surface area contributed by atoms with Crippen molar-refractivity contribution >= 4 is 10.1 Å². The van der Waals surface area contributed by atoms with Crippen LogP contribution in [0.15, 0.2) is 6.07 Å². The predicted octanol–water partition coefficient (Wildman–Crippen LogP) is 1.14. The first-order chi connectivity index (χ1) is 7.08. The van der Waals surface area contributed by atoms with Crippen LogP contribution in [0.2, 0.25) is 0 Å². The molecule has 0 aliphatic rings. The van der Waals surface area contributed by atoms with E-state index in [0.29, 0.717) is 12.3 Å². The summed E-state index contributed by atoms with van der Waals surface area (Å²) in [7, 11) is -3.95. The summed E-state index contributed by atoms with van der Waals surface area (Å²) >= 11 is 0. The lowest BCUT2D eigenvalue weighted by Crippen LogP contribution is -2.14. The average Bonchev–Trinajstić information content (AvgIpc) is 1.97. The summed E-state index contributed by atoms with van der Waals surface area (Å²) in [5.74, 6) is 0. The van der Waals surface area contributed by atoms with Crippen LogP contribution in [-0.4, -0.2) is 24.6 Å². The van der Waals surface area contributed by atoms with Gasteiger partial charge in [-0.1, -0.05) is 0 Å². The Kier molecular flexibility index (Phi) is 3.08. The molecule has 0 atom stereocenters. The predicted molar refractivity (Wildman–Crippen MR) is 47.2 cm³/mol. The molecule has 5 nitrogen and oxygen atoms in total. The highest BCUT2D eigenvalue weighted by Gasteiger charge is 2.33. The number of nitrogens with zero attached hydrogens (tertiary/aromatic N) is 2. The molecule has 1 rings (SSSR count). The van der Waals surface area contributed by atoms with Gasteiger partial charge in [0.05, 0.1) is 6.26 Å². The Bertz CT molecular complexity index is 498. The first-order valence-electron chi connectivity index (χ1n) is 3.90. The highest BCUT2D eigenvalue weighted by atomic mass is 32.2. The van der Waals surface area contributed by atoms with E-state index in [1.807, 2.05) is 0 Å². The van der Waals surface area contributed by atoms with Gasteiger partial charge in [-0.2, -0.15) is 31.6 Å². The SMILES string of the molecule is Cc1cc(C(F)(F)F)nc(OS(C)(=O)=O)n1. The smallest absolute Gasteiger partial charge is 0.343 e. The Labute approximate surface area is 89.4 Å². The fourth-order valence-corrected chi connectivity index (χ4v) is 1.20. The van der Waals surface area contributed by atoms with E-state index in [1.54, 1.807) is 0 Å². The summed E-state index contributed by atoms with van der Waals surface area (Å²) in [6.07, 6.45) is -3.99. The van der Waals surface area contributed by atoms with Gasteiger partial charge in [-0.3, -0.25) is 0 Å². The molecule has 0 fully saturated rings. The van der Waals surface area contributed by atoms with Crippen LogP contribution in [0.4, 0.5) is 13.2 Å². The number of halogens is 3. The maximum Gasteiger partial charge on any atom is 0.433 e. The first-order valence-corrected chi connectivity index (χ1v) is 5.72. The summed E-state index contributed by atoms with van der Waals surface area (Å²) in [5, 5.41) is 0. The molecule has 0 aliphatic heterocycles. The van der Waals surface area contributed by atoms with Crippen molar-refractivity contribution in [3.63, 3.8) is 0 Å². The third-order valence-electron chi connectivity index (χ3n) is 1.35. The molecule has 90 valence electrons. The summed E-state index contributed by atoms with van der Waals surface area (Å²) < 4.78 is 62.4. The van der Waals surface area contributed by atoms with Crippen molar-refractivity contribution in [1.82, 2.24) is 9.97 Å². The molecule has 0 saturated carbocycles. The molecule has 9 heteroatoms. The van der Waals surface area contributed by atoms with E-state index in [9.17, 15) is 21.6 Å². The Hall–Kier alpha value is -1.38. The minimum absolute atomic E-state index is 0.0408. The molecule has 0 aromatic carbocycles. The quantitative estimate of drug-likeness (QED) is 0.742. The van der Waals surface area contributed by atoms with Gasteiger partial charge in [-0.25, -0.2) is 0 Å². The van der Waals surface area contributed by atoms with Gasteiger partial charge in [0.25, 0.3) is 0 Å². The van der Waals surface area contributed by atoms with Crippen LogP contribution in [0.25, 0.3) is 0 Å². The fraction of sp³-hybridized carbons (Fsp3) is 0.429. The van der Waals surface area contributed by atoms with Crippen LogP contribution < -0.4 is 4.18 Å². The Morgan fingerprint density at radius 2 is 1.88 bits per heavy atom. The third-order valence-corrected chi connectivity index (χ3v) is 1.80. The maximum absolute atomic E-state index is 12.3. The summed E-state index contributed by atoms with van der Waals surface area (Å²) in [6, 6.07) is -0.149. The van der Waals surface area contributed by atoms with Crippen molar-refractivity contribution in [2.45, 2.75) is 13.1 Å². The zero-order valence-corrected chi connectivity index (χ0v) is 9.06. The van der Waals surface area contributed by atoms with E-state index in [-0.39, 0.29) is 5.69 Å². The van der Waals surface area contributed by atoms with E-state index >= 15 is 0 Å². The molecule has 1 aromatic heterocycles. The first kappa shape index (κ1) is 12.7. The minimum atomic E-state index is -4.68. The zero-order valence-electron chi connectivity index (χ0n) is 8.24. The summed E-state index contributed by atoms with van der Waals surface area (Å²) in [6.45, 7) is 1.27. The van der Waals surface area contributed by atoms with Crippen molar-refractivity contribution in [1.29, 1.82) is 0 Å². The monoisotopic (exact) mass is 256 g/mol. The number of aromatic nitrogens is 2. The lowest BCUT2D eigenvalue weighted by atomic mass is 10.3. The van der Waals surface area contributed by atoms with Crippen LogP contribution in [-0.2, 0) is 16.3 Å². The van der Waals surface area contributed by atoms with Crippen molar-refractivity contribution < 1.29 is 25.8 Å². The topological polar surface area (TPSA) is 69.2 Å². The molecule has 0 spiro atoms. The van der Waals surface area contributed by atoms with E-state index in [4.69, 9.17) is 0 Å². The Morgan fingerprint density at radius 1 is 1.31 bits per heavy atom. The Balaban J connectivity index is 3.19. The third kappa shape index (κ3) is 3.65. The average molecular weight is 256 g/mol.